The summed E-state index contributed by atoms with van der Waals surface area (Å²) in [5.74, 6) is 0.418. The molecule has 0 N–H and O–H groups in total. The molecule has 1 amide bonds. The molecule has 0 saturated carbocycles. The molecule has 0 aliphatic heterocycles. The fourth-order valence-electron chi connectivity index (χ4n) is 2.47. The van der Waals surface area contributed by atoms with Crippen molar-refractivity contribution in [3.05, 3.63) is 59.7 Å². The third-order valence-corrected chi connectivity index (χ3v) is 3.96. The van der Waals surface area contributed by atoms with E-state index in [-0.39, 0.29) is 11.5 Å². The predicted octanol–water partition coefficient (Wildman–Crippen LogP) is 3.72. The van der Waals surface area contributed by atoms with Crippen molar-refractivity contribution in [3.8, 4) is 11.5 Å². The van der Waals surface area contributed by atoms with Crippen LogP contribution in [0, 0.1) is 5.92 Å². The van der Waals surface area contributed by atoms with E-state index in [1.807, 2.05) is 19.9 Å². The summed E-state index contributed by atoms with van der Waals surface area (Å²) in [7, 11) is 4.75. The van der Waals surface area contributed by atoms with Crippen LogP contribution in [0.5, 0.6) is 11.5 Å². The standard InChI is InChI=1S/C22H27NO5/c1-15(2)14-27-18-12-11-17(13-19(18)26-5)22(25)28-20(21(24)23(3)4)16-9-7-6-8-10-16/h6-13,15,20H,14H2,1-5H3/t20-/m1/s1. The van der Waals surface area contributed by atoms with Gasteiger partial charge in [-0.3, -0.25) is 4.79 Å². The first-order chi connectivity index (χ1) is 13.3. The third-order valence-electron chi connectivity index (χ3n) is 3.96. The lowest BCUT2D eigenvalue weighted by Crippen LogP contribution is -2.31. The van der Waals surface area contributed by atoms with E-state index >= 15 is 0 Å². The maximum Gasteiger partial charge on any atom is 0.339 e. The van der Waals surface area contributed by atoms with Crippen molar-refractivity contribution in [2.24, 2.45) is 5.92 Å². The number of hydrogen-bond donors (Lipinski definition) is 0. The van der Waals surface area contributed by atoms with Crippen LogP contribution in [-0.4, -0.2) is 44.6 Å². The maximum atomic E-state index is 12.7. The molecule has 0 spiro atoms. The smallest absolute Gasteiger partial charge is 0.339 e. The minimum atomic E-state index is -1.02. The van der Waals surface area contributed by atoms with Crippen molar-refractivity contribution in [3.63, 3.8) is 0 Å². The molecule has 2 aromatic rings. The Morgan fingerprint density at radius 2 is 1.68 bits per heavy atom. The van der Waals surface area contributed by atoms with Crippen molar-refractivity contribution >= 4 is 11.9 Å². The zero-order valence-corrected chi connectivity index (χ0v) is 17.0. The molecule has 0 heterocycles. The minimum Gasteiger partial charge on any atom is -0.493 e. The summed E-state index contributed by atoms with van der Waals surface area (Å²) in [5.41, 5.74) is 0.889. The van der Waals surface area contributed by atoms with Gasteiger partial charge in [0.25, 0.3) is 5.91 Å². The summed E-state index contributed by atoms with van der Waals surface area (Å²) < 4.78 is 16.6. The average Bonchev–Trinajstić information content (AvgIpc) is 2.70. The molecule has 2 aromatic carbocycles. The predicted molar refractivity (Wildman–Crippen MR) is 107 cm³/mol. The number of esters is 1. The van der Waals surface area contributed by atoms with Gasteiger partial charge in [-0.15, -0.1) is 0 Å². The van der Waals surface area contributed by atoms with Crippen LogP contribution in [0.4, 0.5) is 0 Å². The van der Waals surface area contributed by atoms with Gasteiger partial charge in [0, 0.05) is 19.7 Å². The summed E-state index contributed by atoms with van der Waals surface area (Å²) in [4.78, 5) is 26.6. The molecule has 6 heteroatoms. The number of amides is 1. The second-order valence-corrected chi connectivity index (χ2v) is 7.00. The van der Waals surface area contributed by atoms with Crippen molar-refractivity contribution in [2.75, 3.05) is 27.8 Å². The summed E-state index contributed by atoms with van der Waals surface area (Å²) in [6, 6.07) is 13.8. The van der Waals surface area contributed by atoms with Crippen LogP contribution >= 0.6 is 0 Å². The lowest BCUT2D eigenvalue weighted by atomic mass is 10.1. The molecule has 1 atom stereocenters. The molecule has 0 bridgehead atoms. The number of carbonyl (C=O) groups is 2. The Kier molecular flexibility index (Phi) is 7.44. The average molecular weight is 385 g/mol. The Balaban J connectivity index is 2.24. The summed E-state index contributed by atoms with van der Waals surface area (Å²) >= 11 is 0. The number of nitrogens with zero attached hydrogens (tertiary/aromatic N) is 1. The molecule has 150 valence electrons. The van der Waals surface area contributed by atoms with E-state index in [9.17, 15) is 9.59 Å². The molecule has 0 radical (unpaired) electrons. The number of rotatable bonds is 8. The summed E-state index contributed by atoms with van der Waals surface area (Å²) in [5, 5.41) is 0. The van der Waals surface area contributed by atoms with Crippen LogP contribution in [0.15, 0.2) is 48.5 Å². The monoisotopic (exact) mass is 385 g/mol. The second kappa shape index (κ2) is 9.78. The van der Waals surface area contributed by atoms with Gasteiger partial charge in [0.1, 0.15) is 0 Å². The molecule has 2 rings (SSSR count). The fourth-order valence-corrected chi connectivity index (χ4v) is 2.47. The van der Waals surface area contributed by atoms with E-state index in [2.05, 4.69) is 0 Å². The quantitative estimate of drug-likeness (QED) is 0.648. The Morgan fingerprint density at radius 3 is 2.25 bits per heavy atom. The Hall–Kier alpha value is -3.02. The first kappa shape index (κ1) is 21.3. The van der Waals surface area contributed by atoms with Crippen LogP contribution in [0.2, 0.25) is 0 Å². The molecule has 0 saturated heterocycles. The van der Waals surface area contributed by atoms with Crippen LogP contribution < -0.4 is 9.47 Å². The SMILES string of the molecule is COc1cc(C(=O)O[C@@H](C(=O)N(C)C)c2ccccc2)ccc1OCC(C)C. The van der Waals surface area contributed by atoms with Crippen LogP contribution in [0.3, 0.4) is 0 Å². The highest BCUT2D eigenvalue weighted by atomic mass is 16.5. The maximum absolute atomic E-state index is 12.7. The van der Waals surface area contributed by atoms with Gasteiger partial charge in [-0.1, -0.05) is 44.2 Å². The Bertz CT molecular complexity index is 802. The highest BCUT2D eigenvalue weighted by Gasteiger charge is 2.27. The van der Waals surface area contributed by atoms with E-state index in [1.165, 1.54) is 12.0 Å². The van der Waals surface area contributed by atoms with Crippen LogP contribution in [-0.2, 0) is 9.53 Å². The number of carbonyl (C=O) groups excluding carboxylic acids is 2. The molecule has 0 unspecified atom stereocenters. The highest BCUT2D eigenvalue weighted by Crippen LogP contribution is 2.30. The van der Waals surface area contributed by atoms with Crippen molar-refractivity contribution in [1.82, 2.24) is 4.90 Å². The first-order valence-corrected chi connectivity index (χ1v) is 9.11. The fraction of sp³-hybridized carbons (Fsp3) is 0.364. The molecule has 0 fully saturated rings. The van der Waals surface area contributed by atoms with Gasteiger partial charge >= 0.3 is 5.97 Å². The molecule has 0 aliphatic carbocycles. The lowest BCUT2D eigenvalue weighted by molar-refractivity contribution is -0.138. The zero-order chi connectivity index (χ0) is 20.7. The topological polar surface area (TPSA) is 65.1 Å². The first-order valence-electron chi connectivity index (χ1n) is 9.11. The summed E-state index contributed by atoms with van der Waals surface area (Å²) in [6.45, 7) is 4.63. The largest absolute Gasteiger partial charge is 0.493 e. The third kappa shape index (κ3) is 5.49. The molecular weight excluding hydrogens is 358 g/mol. The van der Waals surface area contributed by atoms with Crippen molar-refractivity contribution in [2.45, 2.75) is 20.0 Å². The lowest BCUT2D eigenvalue weighted by Gasteiger charge is -2.21. The van der Waals surface area contributed by atoms with Gasteiger partial charge in [0.2, 0.25) is 6.10 Å². The number of hydrogen-bond acceptors (Lipinski definition) is 5. The highest BCUT2D eigenvalue weighted by molar-refractivity contribution is 5.93. The number of methoxy groups -OCH3 is 1. The van der Waals surface area contributed by atoms with Gasteiger partial charge in [-0.05, 0) is 24.1 Å². The van der Waals surface area contributed by atoms with Gasteiger partial charge in [-0.2, -0.15) is 0 Å². The molecular formula is C22H27NO5. The van der Waals surface area contributed by atoms with E-state index in [0.717, 1.165) is 0 Å². The van der Waals surface area contributed by atoms with E-state index < -0.39 is 12.1 Å². The van der Waals surface area contributed by atoms with E-state index in [0.29, 0.717) is 29.6 Å². The van der Waals surface area contributed by atoms with Gasteiger partial charge in [0.05, 0.1) is 19.3 Å². The van der Waals surface area contributed by atoms with Gasteiger partial charge in [-0.25, -0.2) is 4.79 Å². The number of likely N-dealkylation sites (N-methyl/N-ethyl adjacent to an activating group) is 1. The van der Waals surface area contributed by atoms with Crippen LogP contribution in [0.1, 0.15) is 35.9 Å². The molecule has 0 aromatic heterocycles. The molecule has 28 heavy (non-hydrogen) atoms. The number of ether oxygens (including phenoxy) is 3. The normalized spacial score (nSPS) is 11.6. The Morgan fingerprint density at radius 1 is 1.00 bits per heavy atom. The van der Waals surface area contributed by atoms with Crippen molar-refractivity contribution < 1.29 is 23.8 Å². The zero-order valence-electron chi connectivity index (χ0n) is 17.0. The van der Waals surface area contributed by atoms with Gasteiger partial charge < -0.3 is 19.1 Å². The molecule has 6 nitrogen and oxygen atoms in total. The summed E-state index contributed by atoms with van der Waals surface area (Å²) in [6.07, 6.45) is -1.02. The van der Waals surface area contributed by atoms with Crippen molar-refractivity contribution in [1.29, 1.82) is 0 Å². The second-order valence-electron chi connectivity index (χ2n) is 7.00. The van der Waals surface area contributed by atoms with E-state index in [1.54, 1.807) is 56.6 Å². The van der Waals surface area contributed by atoms with E-state index in [4.69, 9.17) is 14.2 Å². The molecule has 0 aliphatic rings. The Labute approximate surface area is 166 Å². The van der Waals surface area contributed by atoms with Gasteiger partial charge in [0.15, 0.2) is 11.5 Å². The number of benzene rings is 2. The minimum absolute atomic E-state index is 0.279. The van der Waals surface area contributed by atoms with Crippen LogP contribution in [0.25, 0.3) is 0 Å².